The Labute approximate surface area is 160 Å². The topological polar surface area (TPSA) is 75.7 Å². The third kappa shape index (κ3) is 4.60. The van der Waals surface area contributed by atoms with Gasteiger partial charge in [-0.15, -0.1) is 0 Å². The van der Waals surface area contributed by atoms with E-state index in [0.29, 0.717) is 10.2 Å². The summed E-state index contributed by atoms with van der Waals surface area (Å²) in [6.07, 6.45) is 0. The lowest BCUT2D eigenvalue weighted by Gasteiger charge is -2.21. The van der Waals surface area contributed by atoms with Crippen LogP contribution in [0.2, 0.25) is 0 Å². The summed E-state index contributed by atoms with van der Waals surface area (Å²) in [6, 6.07) is 10.2. The number of sulfonamides is 1. The lowest BCUT2D eigenvalue weighted by atomic mass is 10.3. The van der Waals surface area contributed by atoms with E-state index < -0.39 is 28.3 Å². The molecule has 0 spiro atoms. The summed E-state index contributed by atoms with van der Waals surface area (Å²) in [5, 5.41) is 2.64. The number of para-hydroxylation sites is 1. The molecular formula is C17H18BrFN2O4S. The van der Waals surface area contributed by atoms with Crippen LogP contribution in [0.1, 0.15) is 6.92 Å². The number of likely N-dealkylation sites (N-methyl/N-ethyl adjacent to an activating group) is 1. The summed E-state index contributed by atoms with van der Waals surface area (Å²) < 4.78 is 45.9. The smallest absolute Gasteiger partial charge is 0.247 e. The largest absolute Gasteiger partial charge is 0.495 e. The van der Waals surface area contributed by atoms with Crippen molar-refractivity contribution in [2.24, 2.45) is 0 Å². The van der Waals surface area contributed by atoms with E-state index in [4.69, 9.17) is 4.74 Å². The maximum Gasteiger partial charge on any atom is 0.247 e. The Morgan fingerprint density at radius 2 is 1.96 bits per heavy atom. The zero-order valence-electron chi connectivity index (χ0n) is 14.2. The molecule has 2 aromatic carbocycles. The minimum Gasteiger partial charge on any atom is -0.495 e. The van der Waals surface area contributed by atoms with E-state index in [9.17, 15) is 17.6 Å². The van der Waals surface area contributed by atoms with Gasteiger partial charge in [0.15, 0.2) is 0 Å². The van der Waals surface area contributed by atoms with E-state index >= 15 is 0 Å². The van der Waals surface area contributed by atoms with Crippen LogP contribution in [0.15, 0.2) is 51.8 Å². The molecule has 0 saturated heterocycles. The Bertz CT molecular complexity index is 905. The van der Waals surface area contributed by atoms with Crippen LogP contribution in [-0.4, -0.2) is 38.8 Å². The first-order valence-electron chi connectivity index (χ1n) is 7.67. The molecule has 0 aliphatic heterocycles. The van der Waals surface area contributed by atoms with Crippen LogP contribution in [0.3, 0.4) is 0 Å². The molecule has 1 N–H and O–H groups in total. The number of hydrogen-bond donors (Lipinski definition) is 1. The summed E-state index contributed by atoms with van der Waals surface area (Å²) in [5.74, 6) is -1.22. The maximum atomic E-state index is 13.6. The summed E-state index contributed by atoms with van der Waals surface area (Å²) in [6.45, 7) is 1.21. The SMILES string of the molecule is CCN(CC(=O)Nc1ccccc1Br)S(=O)(=O)c1cc(F)ccc1OC. The molecular weight excluding hydrogens is 427 g/mol. The van der Waals surface area contributed by atoms with Crippen LogP contribution in [0.4, 0.5) is 10.1 Å². The molecule has 0 aliphatic carbocycles. The normalized spacial score (nSPS) is 11.4. The molecule has 0 heterocycles. The molecule has 0 atom stereocenters. The van der Waals surface area contributed by atoms with Gasteiger partial charge in [0.2, 0.25) is 15.9 Å². The summed E-state index contributed by atoms with van der Waals surface area (Å²) in [5.41, 5.74) is 0.522. The van der Waals surface area contributed by atoms with E-state index in [-0.39, 0.29) is 17.2 Å². The van der Waals surface area contributed by atoms with Crippen LogP contribution in [0, 0.1) is 5.82 Å². The number of amides is 1. The Morgan fingerprint density at radius 1 is 1.27 bits per heavy atom. The lowest BCUT2D eigenvalue weighted by Crippen LogP contribution is -2.38. The van der Waals surface area contributed by atoms with Crippen LogP contribution < -0.4 is 10.1 Å². The number of carbonyl (C=O) groups excluding carboxylic acids is 1. The minimum absolute atomic E-state index is 0.0102. The number of anilines is 1. The first kappa shape index (κ1) is 20.3. The fourth-order valence-electron chi connectivity index (χ4n) is 2.27. The Hall–Kier alpha value is -1.97. The minimum atomic E-state index is -4.12. The lowest BCUT2D eigenvalue weighted by molar-refractivity contribution is -0.116. The van der Waals surface area contributed by atoms with Gasteiger partial charge < -0.3 is 10.1 Å². The van der Waals surface area contributed by atoms with Crippen molar-refractivity contribution in [3.63, 3.8) is 0 Å². The highest BCUT2D eigenvalue weighted by Crippen LogP contribution is 2.27. The van der Waals surface area contributed by atoms with Gasteiger partial charge >= 0.3 is 0 Å². The monoisotopic (exact) mass is 444 g/mol. The number of rotatable bonds is 7. The van der Waals surface area contributed by atoms with Crippen LogP contribution in [-0.2, 0) is 14.8 Å². The molecule has 6 nitrogen and oxygen atoms in total. The maximum absolute atomic E-state index is 13.6. The molecule has 0 fully saturated rings. The third-order valence-electron chi connectivity index (χ3n) is 3.56. The zero-order chi connectivity index (χ0) is 19.3. The molecule has 0 bridgehead atoms. The van der Waals surface area contributed by atoms with Crippen LogP contribution in [0.5, 0.6) is 5.75 Å². The highest BCUT2D eigenvalue weighted by Gasteiger charge is 2.29. The first-order chi connectivity index (χ1) is 12.3. The number of benzene rings is 2. The van der Waals surface area contributed by atoms with Crippen molar-refractivity contribution in [1.82, 2.24) is 4.31 Å². The average molecular weight is 445 g/mol. The molecule has 2 aromatic rings. The van der Waals surface area contributed by atoms with Gasteiger partial charge in [-0.2, -0.15) is 4.31 Å². The molecule has 1 amide bonds. The average Bonchev–Trinajstić information content (AvgIpc) is 2.61. The summed E-state index contributed by atoms with van der Waals surface area (Å²) in [4.78, 5) is 12.0. The van der Waals surface area contributed by atoms with Gasteiger partial charge in [0.25, 0.3) is 0 Å². The van der Waals surface area contributed by atoms with Crippen molar-refractivity contribution in [3.05, 3.63) is 52.8 Å². The molecule has 2 rings (SSSR count). The molecule has 9 heteroatoms. The fraction of sp³-hybridized carbons (Fsp3) is 0.235. The van der Waals surface area contributed by atoms with Crippen molar-refractivity contribution >= 4 is 37.5 Å². The van der Waals surface area contributed by atoms with Crippen molar-refractivity contribution in [3.8, 4) is 5.75 Å². The van der Waals surface area contributed by atoms with Crippen molar-refractivity contribution in [2.75, 3.05) is 25.5 Å². The summed E-state index contributed by atoms with van der Waals surface area (Å²) >= 11 is 3.31. The van der Waals surface area contributed by atoms with E-state index in [1.54, 1.807) is 31.2 Å². The van der Waals surface area contributed by atoms with Crippen molar-refractivity contribution < 1.29 is 22.3 Å². The standard InChI is InChI=1S/C17H18BrFN2O4S/c1-3-21(11-17(22)20-14-7-5-4-6-13(14)18)26(23,24)16-10-12(19)8-9-15(16)25-2/h4-10H,3,11H2,1-2H3,(H,20,22). The van der Waals surface area contributed by atoms with Crippen molar-refractivity contribution in [1.29, 1.82) is 0 Å². The number of ether oxygens (including phenoxy) is 1. The summed E-state index contributed by atoms with van der Waals surface area (Å²) in [7, 11) is -2.82. The molecule has 26 heavy (non-hydrogen) atoms. The Kier molecular flexibility index (Phi) is 6.74. The second-order valence-corrected chi connectivity index (χ2v) is 8.02. The predicted octanol–water partition coefficient (Wildman–Crippen LogP) is 3.25. The number of nitrogens with one attached hydrogen (secondary N) is 1. The zero-order valence-corrected chi connectivity index (χ0v) is 16.6. The number of methoxy groups -OCH3 is 1. The number of nitrogens with zero attached hydrogens (tertiary/aromatic N) is 1. The second-order valence-electron chi connectivity index (χ2n) is 5.25. The molecule has 140 valence electrons. The second kappa shape index (κ2) is 8.61. The highest BCUT2D eigenvalue weighted by molar-refractivity contribution is 9.10. The van der Waals surface area contributed by atoms with E-state index in [1.807, 2.05) is 0 Å². The number of carbonyl (C=O) groups is 1. The third-order valence-corrected chi connectivity index (χ3v) is 6.20. The predicted molar refractivity (Wildman–Crippen MR) is 100 cm³/mol. The van der Waals surface area contributed by atoms with Gasteiger partial charge in [-0.3, -0.25) is 4.79 Å². The Morgan fingerprint density at radius 3 is 2.58 bits per heavy atom. The first-order valence-corrected chi connectivity index (χ1v) is 9.91. The van der Waals surface area contributed by atoms with E-state index in [1.165, 1.54) is 13.2 Å². The number of halogens is 2. The molecule has 0 aliphatic rings. The van der Waals surface area contributed by atoms with Gasteiger partial charge in [-0.1, -0.05) is 19.1 Å². The van der Waals surface area contributed by atoms with Gasteiger partial charge in [-0.05, 0) is 46.3 Å². The van der Waals surface area contributed by atoms with Gasteiger partial charge in [0.1, 0.15) is 16.5 Å². The van der Waals surface area contributed by atoms with Crippen molar-refractivity contribution in [2.45, 2.75) is 11.8 Å². The van der Waals surface area contributed by atoms with Crippen LogP contribution >= 0.6 is 15.9 Å². The quantitative estimate of drug-likeness (QED) is 0.710. The van der Waals surface area contributed by atoms with Crippen LogP contribution in [0.25, 0.3) is 0 Å². The fourth-order valence-corrected chi connectivity index (χ4v) is 4.23. The molecule has 0 saturated carbocycles. The molecule has 0 unspecified atom stereocenters. The van der Waals surface area contributed by atoms with Gasteiger partial charge in [0.05, 0.1) is 19.3 Å². The van der Waals surface area contributed by atoms with Gasteiger partial charge in [0, 0.05) is 11.0 Å². The Balaban J connectivity index is 2.26. The van der Waals surface area contributed by atoms with Gasteiger partial charge in [-0.25, -0.2) is 12.8 Å². The van der Waals surface area contributed by atoms with E-state index in [2.05, 4.69) is 21.2 Å². The molecule has 0 aromatic heterocycles. The molecule has 0 radical (unpaired) electrons. The van der Waals surface area contributed by atoms with E-state index in [0.717, 1.165) is 16.4 Å². The highest BCUT2D eigenvalue weighted by atomic mass is 79.9. The number of hydrogen-bond acceptors (Lipinski definition) is 4.